The number of hydrogen-bond acceptors (Lipinski definition) is 4. The zero-order valence-corrected chi connectivity index (χ0v) is 9.67. The Labute approximate surface area is 97.7 Å². The van der Waals surface area contributed by atoms with Crippen molar-refractivity contribution in [1.82, 2.24) is 9.97 Å². The lowest BCUT2D eigenvalue weighted by Gasteiger charge is -2.16. The molecule has 0 saturated heterocycles. The summed E-state index contributed by atoms with van der Waals surface area (Å²) in [6.45, 7) is 4.00. The van der Waals surface area contributed by atoms with Gasteiger partial charge in [-0.1, -0.05) is 0 Å². The van der Waals surface area contributed by atoms with Gasteiger partial charge in [0.25, 0.3) is 0 Å². The van der Waals surface area contributed by atoms with Crippen LogP contribution in [0.3, 0.4) is 0 Å². The van der Waals surface area contributed by atoms with E-state index in [-0.39, 0.29) is 0 Å². The molecule has 0 aliphatic carbocycles. The highest BCUT2D eigenvalue weighted by molar-refractivity contribution is 5.40. The summed E-state index contributed by atoms with van der Waals surface area (Å²) in [5.74, 6) is 0.782. The lowest BCUT2D eigenvalue weighted by atomic mass is 10.2. The van der Waals surface area contributed by atoms with Crippen LogP contribution in [0.25, 0.3) is 0 Å². The molecule has 0 spiro atoms. The number of halogens is 3. The summed E-state index contributed by atoms with van der Waals surface area (Å²) in [4.78, 5) is 7.96. The fraction of sp³-hybridized carbons (Fsp3) is 0.600. The molecule has 2 N–H and O–H groups in total. The third-order valence-electron chi connectivity index (χ3n) is 1.92. The number of hydrogen-bond donors (Lipinski definition) is 2. The molecule has 0 saturated carbocycles. The second-order valence-electron chi connectivity index (χ2n) is 3.66. The normalized spacial score (nSPS) is 13.2. The van der Waals surface area contributed by atoms with Crippen LogP contribution in [0.15, 0.2) is 12.3 Å². The first-order valence-electron chi connectivity index (χ1n) is 5.31. The van der Waals surface area contributed by atoms with Crippen molar-refractivity contribution in [1.29, 1.82) is 0 Å². The van der Waals surface area contributed by atoms with E-state index in [0.717, 1.165) is 0 Å². The van der Waals surface area contributed by atoms with Crippen molar-refractivity contribution >= 4 is 11.8 Å². The summed E-state index contributed by atoms with van der Waals surface area (Å²) >= 11 is 0. The first-order valence-corrected chi connectivity index (χ1v) is 5.31. The smallest absolute Gasteiger partial charge is 0.367 e. The molecule has 0 amide bonds. The van der Waals surface area contributed by atoms with Crippen LogP contribution in [0, 0.1) is 0 Å². The summed E-state index contributed by atoms with van der Waals surface area (Å²) in [7, 11) is 0. The predicted octanol–water partition coefficient (Wildman–Crippen LogP) is 2.66. The Morgan fingerprint density at radius 2 is 2.12 bits per heavy atom. The van der Waals surface area contributed by atoms with Gasteiger partial charge in [0.15, 0.2) is 0 Å². The first kappa shape index (κ1) is 13.5. The van der Waals surface area contributed by atoms with Crippen LogP contribution in [-0.4, -0.2) is 28.7 Å². The summed E-state index contributed by atoms with van der Waals surface area (Å²) < 4.78 is 36.4. The van der Waals surface area contributed by atoms with Crippen molar-refractivity contribution in [3.63, 3.8) is 0 Å². The third kappa shape index (κ3) is 5.37. The fourth-order valence-electron chi connectivity index (χ4n) is 1.33. The molecule has 96 valence electrons. The van der Waals surface area contributed by atoms with E-state index in [1.807, 2.05) is 6.92 Å². The highest BCUT2D eigenvalue weighted by atomic mass is 19.4. The van der Waals surface area contributed by atoms with Crippen molar-refractivity contribution in [2.24, 2.45) is 0 Å². The Hall–Kier alpha value is -1.53. The highest BCUT2D eigenvalue weighted by Crippen LogP contribution is 2.22. The topological polar surface area (TPSA) is 49.8 Å². The van der Waals surface area contributed by atoms with Gasteiger partial charge in [0.1, 0.15) is 5.82 Å². The molecule has 0 fully saturated rings. The highest BCUT2D eigenvalue weighted by Gasteiger charge is 2.30. The van der Waals surface area contributed by atoms with Gasteiger partial charge in [0.05, 0.1) is 6.42 Å². The fourth-order valence-corrected chi connectivity index (χ4v) is 1.33. The minimum Gasteiger partial charge on any atom is -0.367 e. The van der Waals surface area contributed by atoms with Gasteiger partial charge in [0, 0.05) is 18.8 Å². The second-order valence-corrected chi connectivity index (χ2v) is 3.66. The summed E-state index contributed by atoms with van der Waals surface area (Å²) in [5, 5.41) is 5.57. The van der Waals surface area contributed by atoms with Gasteiger partial charge < -0.3 is 10.6 Å². The molecule has 1 unspecified atom stereocenters. The van der Waals surface area contributed by atoms with E-state index >= 15 is 0 Å². The number of nitrogens with one attached hydrogen (secondary N) is 2. The van der Waals surface area contributed by atoms with E-state index in [2.05, 4.69) is 20.6 Å². The minimum absolute atomic E-state index is 0.382. The molecule has 0 aliphatic rings. The standard InChI is InChI=1S/C10H15F3N4/c1-3-14-9-15-5-4-8(17-9)16-7(2)6-10(11,12)13/h4-5,7H,3,6H2,1-2H3,(H2,14,15,16,17). The van der Waals surface area contributed by atoms with Crippen LogP contribution >= 0.6 is 0 Å². The molecular weight excluding hydrogens is 233 g/mol. The van der Waals surface area contributed by atoms with E-state index in [0.29, 0.717) is 18.3 Å². The third-order valence-corrected chi connectivity index (χ3v) is 1.92. The molecule has 17 heavy (non-hydrogen) atoms. The Kier molecular flexibility index (Phi) is 4.53. The number of nitrogens with zero attached hydrogens (tertiary/aromatic N) is 2. The zero-order chi connectivity index (χ0) is 12.9. The number of aromatic nitrogens is 2. The van der Waals surface area contributed by atoms with E-state index in [4.69, 9.17) is 0 Å². The molecule has 0 radical (unpaired) electrons. The van der Waals surface area contributed by atoms with Gasteiger partial charge in [0.2, 0.25) is 5.95 Å². The maximum Gasteiger partial charge on any atom is 0.391 e. The lowest BCUT2D eigenvalue weighted by molar-refractivity contribution is -0.136. The van der Waals surface area contributed by atoms with Gasteiger partial charge in [-0.2, -0.15) is 18.2 Å². The van der Waals surface area contributed by atoms with Gasteiger partial charge in [-0.05, 0) is 19.9 Å². The van der Waals surface area contributed by atoms with Crippen LogP contribution in [0.2, 0.25) is 0 Å². The van der Waals surface area contributed by atoms with Crippen molar-refractivity contribution in [2.45, 2.75) is 32.5 Å². The van der Waals surface area contributed by atoms with Crippen molar-refractivity contribution < 1.29 is 13.2 Å². The maximum atomic E-state index is 12.1. The molecule has 1 rings (SSSR count). The quantitative estimate of drug-likeness (QED) is 0.841. The van der Waals surface area contributed by atoms with E-state index < -0.39 is 18.6 Å². The average Bonchev–Trinajstić information content (AvgIpc) is 2.15. The summed E-state index contributed by atoms with van der Waals surface area (Å²) in [6.07, 6.45) is -3.58. The van der Waals surface area contributed by atoms with Gasteiger partial charge in [-0.25, -0.2) is 4.98 Å². The Morgan fingerprint density at radius 3 is 2.71 bits per heavy atom. The van der Waals surface area contributed by atoms with Crippen LogP contribution in [0.5, 0.6) is 0 Å². The SMILES string of the molecule is CCNc1nccc(NC(C)CC(F)(F)F)n1. The molecule has 1 aromatic heterocycles. The molecule has 1 aromatic rings. The Morgan fingerprint density at radius 1 is 1.41 bits per heavy atom. The van der Waals surface area contributed by atoms with Gasteiger partial charge in [-0.15, -0.1) is 0 Å². The van der Waals surface area contributed by atoms with Crippen molar-refractivity contribution in [3.05, 3.63) is 12.3 Å². The van der Waals surface area contributed by atoms with Crippen LogP contribution in [-0.2, 0) is 0 Å². The lowest BCUT2D eigenvalue weighted by Crippen LogP contribution is -2.24. The van der Waals surface area contributed by atoms with Crippen LogP contribution < -0.4 is 10.6 Å². The Balaban J connectivity index is 2.58. The predicted molar refractivity (Wildman–Crippen MR) is 60.0 cm³/mol. The van der Waals surface area contributed by atoms with E-state index in [1.54, 1.807) is 0 Å². The molecule has 0 aromatic carbocycles. The molecule has 0 bridgehead atoms. The van der Waals surface area contributed by atoms with E-state index in [1.165, 1.54) is 19.2 Å². The zero-order valence-electron chi connectivity index (χ0n) is 9.67. The first-order chi connectivity index (χ1) is 7.90. The molecular formula is C10H15F3N4. The minimum atomic E-state index is -4.18. The summed E-state index contributed by atoms with van der Waals surface area (Å²) in [5.41, 5.74) is 0. The molecule has 1 atom stereocenters. The molecule has 4 nitrogen and oxygen atoms in total. The van der Waals surface area contributed by atoms with Crippen molar-refractivity contribution in [3.8, 4) is 0 Å². The van der Waals surface area contributed by atoms with Crippen molar-refractivity contribution in [2.75, 3.05) is 17.2 Å². The number of rotatable bonds is 5. The Bertz CT molecular complexity index is 354. The van der Waals surface area contributed by atoms with Gasteiger partial charge >= 0.3 is 6.18 Å². The molecule has 1 heterocycles. The summed E-state index contributed by atoms with van der Waals surface area (Å²) in [6, 6.07) is 0.813. The second kappa shape index (κ2) is 5.70. The number of anilines is 2. The van der Waals surface area contributed by atoms with Gasteiger partial charge in [-0.3, -0.25) is 0 Å². The largest absolute Gasteiger partial charge is 0.391 e. The average molecular weight is 248 g/mol. The monoisotopic (exact) mass is 248 g/mol. The maximum absolute atomic E-state index is 12.1. The molecule has 0 aliphatic heterocycles. The van der Waals surface area contributed by atoms with Crippen LogP contribution in [0.4, 0.5) is 24.9 Å². The van der Waals surface area contributed by atoms with E-state index in [9.17, 15) is 13.2 Å². The molecule has 7 heteroatoms. The van der Waals surface area contributed by atoms with Crippen LogP contribution in [0.1, 0.15) is 20.3 Å². The number of alkyl halides is 3.